The summed E-state index contributed by atoms with van der Waals surface area (Å²) >= 11 is 0. The van der Waals surface area contributed by atoms with Gasteiger partial charge >= 0.3 is 0 Å². The molecule has 1 aliphatic heterocycles. The van der Waals surface area contributed by atoms with Crippen molar-refractivity contribution in [3.8, 4) is 0 Å². The van der Waals surface area contributed by atoms with E-state index in [0.29, 0.717) is 25.1 Å². The molecular formula is C12H16N4O4S. The number of carbonyl (C=O) groups is 2. The van der Waals surface area contributed by atoms with E-state index in [1.807, 2.05) is 0 Å². The quantitative estimate of drug-likeness (QED) is 0.611. The molecule has 2 rings (SSSR count). The van der Waals surface area contributed by atoms with Crippen molar-refractivity contribution in [2.75, 3.05) is 16.6 Å². The van der Waals surface area contributed by atoms with Gasteiger partial charge in [-0.1, -0.05) is 6.07 Å². The minimum atomic E-state index is -3.86. The molecule has 114 valence electrons. The first kappa shape index (κ1) is 15.3. The summed E-state index contributed by atoms with van der Waals surface area (Å²) in [6, 6.07) is 6.20. The van der Waals surface area contributed by atoms with Gasteiger partial charge in [0.15, 0.2) is 0 Å². The molecule has 21 heavy (non-hydrogen) atoms. The highest BCUT2D eigenvalue weighted by molar-refractivity contribution is 7.90. The summed E-state index contributed by atoms with van der Waals surface area (Å²) in [6.07, 6.45) is 0.817. The van der Waals surface area contributed by atoms with Crippen molar-refractivity contribution < 1.29 is 18.0 Å². The zero-order valence-electron chi connectivity index (χ0n) is 11.1. The van der Waals surface area contributed by atoms with Crippen LogP contribution in [0.3, 0.4) is 0 Å². The lowest BCUT2D eigenvalue weighted by Crippen LogP contribution is -2.40. The molecule has 1 heterocycles. The number of anilines is 2. The molecule has 1 atom stereocenters. The minimum Gasteiger partial charge on any atom is -0.355 e. The molecule has 0 radical (unpaired) electrons. The molecule has 1 aliphatic rings. The van der Waals surface area contributed by atoms with Crippen LogP contribution in [-0.2, 0) is 19.8 Å². The van der Waals surface area contributed by atoms with E-state index in [-0.39, 0.29) is 23.4 Å². The monoisotopic (exact) mass is 312 g/mol. The summed E-state index contributed by atoms with van der Waals surface area (Å²) in [5.41, 5.74) is 0.706. The lowest BCUT2D eigenvalue weighted by atomic mass is 9.98. The Morgan fingerprint density at radius 2 is 2.05 bits per heavy atom. The Bertz CT molecular complexity index is 649. The highest BCUT2D eigenvalue weighted by atomic mass is 32.2. The maximum Gasteiger partial charge on any atom is 0.296 e. The van der Waals surface area contributed by atoms with Gasteiger partial charge in [-0.05, 0) is 24.6 Å². The van der Waals surface area contributed by atoms with Gasteiger partial charge in [0.25, 0.3) is 10.2 Å². The highest BCUT2D eigenvalue weighted by Gasteiger charge is 2.24. The maximum absolute atomic E-state index is 12.0. The standard InChI is InChI=1S/C12H16N4O4S/c13-21(19,20)16-10-3-1-2-9(6-10)15-12(18)8-4-5-11(17)14-7-8/h1-3,6,8,16H,4-5,7H2,(H,14,17)(H,15,18)(H2,13,19,20). The van der Waals surface area contributed by atoms with Crippen LogP contribution in [0.5, 0.6) is 0 Å². The van der Waals surface area contributed by atoms with Crippen molar-refractivity contribution in [3.05, 3.63) is 24.3 Å². The fourth-order valence-corrected chi connectivity index (χ4v) is 2.48. The van der Waals surface area contributed by atoms with E-state index in [4.69, 9.17) is 5.14 Å². The van der Waals surface area contributed by atoms with Crippen LogP contribution in [0.4, 0.5) is 11.4 Å². The average molecular weight is 312 g/mol. The topological polar surface area (TPSA) is 130 Å². The Morgan fingerprint density at radius 3 is 2.67 bits per heavy atom. The Morgan fingerprint density at radius 1 is 1.33 bits per heavy atom. The molecule has 2 amide bonds. The number of rotatable bonds is 4. The Labute approximate surface area is 122 Å². The normalized spacial score (nSPS) is 18.7. The zero-order chi connectivity index (χ0) is 15.5. The third-order valence-electron chi connectivity index (χ3n) is 3.03. The van der Waals surface area contributed by atoms with E-state index in [1.54, 1.807) is 12.1 Å². The second-order valence-corrected chi connectivity index (χ2v) is 6.05. The van der Waals surface area contributed by atoms with Crippen LogP contribution < -0.4 is 20.5 Å². The summed E-state index contributed by atoms with van der Waals surface area (Å²) in [4.78, 5) is 23.1. The van der Waals surface area contributed by atoms with Crippen LogP contribution in [0.25, 0.3) is 0 Å². The number of hydrogen-bond donors (Lipinski definition) is 4. The lowest BCUT2D eigenvalue weighted by Gasteiger charge is -2.21. The van der Waals surface area contributed by atoms with Crippen molar-refractivity contribution in [3.63, 3.8) is 0 Å². The third kappa shape index (κ3) is 4.72. The number of piperidine rings is 1. The largest absolute Gasteiger partial charge is 0.355 e. The van der Waals surface area contributed by atoms with Crippen molar-refractivity contribution in [2.45, 2.75) is 12.8 Å². The second-order valence-electron chi connectivity index (χ2n) is 4.76. The summed E-state index contributed by atoms with van der Waals surface area (Å²) in [5.74, 6) is -0.571. The van der Waals surface area contributed by atoms with E-state index in [2.05, 4.69) is 15.4 Å². The van der Waals surface area contributed by atoms with E-state index in [0.717, 1.165) is 0 Å². The van der Waals surface area contributed by atoms with E-state index in [9.17, 15) is 18.0 Å². The molecular weight excluding hydrogens is 296 g/mol. The molecule has 0 saturated carbocycles. The van der Waals surface area contributed by atoms with Crippen LogP contribution in [0.2, 0.25) is 0 Å². The number of benzene rings is 1. The number of hydrogen-bond acceptors (Lipinski definition) is 4. The number of nitrogens with two attached hydrogens (primary N) is 1. The van der Waals surface area contributed by atoms with Gasteiger partial charge in [-0.2, -0.15) is 8.42 Å². The van der Waals surface area contributed by atoms with Crippen molar-refractivity contribution >= 4 is 33.4 Å². The molecule has 0 aliphatic carbocycles. The highest BCUT2D eigenvalue weighted by Crippen LogP contribution is 2.18. The molecule has 1 unspecified atom stereocenters. The molecule has 0 spiro atoms. The van der Waals surface area contributed by atoms with Crippen LogP contribution >= 0.6 is 0 Å². The Kier molecular flexibility index (Phi) is 4.43. The van der Waals surface area contributed by atoms with E-state index >= 15 is 0 Å². The number of carbonyl (C=O) groups excluding carboxylic acids is 2. The van der Waals surface area contributed by atoms with Gasteiger partial charge in [0.05, 0.1) is 11.6 Å². The smallest absolute Gasteiger partial charge is 0.296 e. The first-order chi connectivity index (χ1) is 9.83. The average Bonchev–Trinajstić information content (AvgIpc) is 2.37. The van der Waals surface area contributed by atoms with Gasteiger partial charge in [-0.25, -0.2) is 5.14 Å². The molecule has 1 saturated heterocycles. The molecule has 1 aromatic rings. The number of nitrogens with one attached hydrogen (secondary N) is 3. The molecule has 5 N–H and O–H groups in total. The molecule has 0 bridgehead atoms. The Hall–Kier alpha value is -2.13. The lowest BCUT2D eigenvalue weighted by molar-refractivity contribution is -0.126. The predicted molar refractivity (Wildman–Crippen MR) is 77.5 cm³/mol. The van der Waals surface area contributed by atoms with Crippen LogP contribution in [0, 0.1) is 5.92 Å². The summed E-state index contributed by atoms with van der Waals surface area (Å²) < 4.78 is 24.0. The van der Waals surface area contributed by atoms with E-state index < -0.39 is 10.2 Å². The summed E-state index contributed by atoms with van der Waals surface area (Å²) in [5, 5.41) is 10.2. The molecule has 8 nitrogen and oxygen atoms in total. The van der Waals surface area contributed by atoms with Gasteiger partial charge in [-0.3, -0.25) is 14.3 Å². The van der Waals surface area contributed by atoms with Gasteiger partial charge in [0, 0.05) is 18.7 Å². The van der Waals surface area contributed by atoms with Gasteiger partial charge in [-0.15, -0.1) is 0 Å². The minimum absolute atomic E-state index is 0.0570. The van der Waals surface area contributed by atoms with Crippen LogP contribution in [-0.4, -0.2) is 26.8 Å². The maximum atomic E-state index is 12.0. The summed E-state index contributed by atoms with van der Waals surface area (Å²) in [7, 11) is -3.86. The van der Waals surface area contributed by atoms with Crippen molar-refractivity contribution in [1.29, 1.82) is 0 Å². The van der Waals surface area contributed by atoms with Gasteiger partial charge in [0.2, 0.25) is 11.8 Å². The molecule has 0 aromatic heterocycles. The molecule has 1 fully saturated rings. The zero-order valence-corrected chi connectivity index (χ0v) is 11.9. The van der Waals surface area contributed by atoms with Gasteiger partial charge < -0.3 is 10.6 Å². The molecule has 9 heteroatoms. The van der Waals surface area contributed by atoms with Gasteiger partial charge in [0.1, 0.15) is 0 Å². The Balaban J connectivity index is 2.01. The first-order valence-electron chi connectivity index (χ1n) is 6.32. The third-order valence-corrected chi connectivity index (χ3v) is 3.55. The second kappa shape index (κ2) is 6.10. The fourth-order valence-electron chi connectivity index (χ4n) is 2.03. The van der Waals surface area contributed by atoms with Crippen molar-refractivity contribution in [2.24, 2.45) is 11.1 Å². The predicted octanol–water partition coefficient (Wildman–Crippen LogP) is -0.233. The first-order valence-corrected chi connectivity index (χ1v) is 7.86. The summed E-state index contributed by atoms with van der Waals surface area (Å²) in [6.45, 7) is 0.305. The number of amides is 2. The van der Waals surface area contributed by atoms with Crippen molar-refractivity contribution in [1.82, 2.24) is 5.32 Å². The fraction of sp³-hybridized carbons (Fsp3) is 0.333. The molecule has 1 aromatic carbocycles. The van der Waals surface area contributed by atoms with Crippen LogP contribution in [0.15, 0.2) is 24.3 Å². The van der Waals surface area contributed by atoms with Crippen LogP contribution in [0.1, 0.15) is 12.8 Å². The SMILES string of the molecule is NS(=O)(=O)Nc1cccc(NC(=O)C2CCC(=O)NC2)c1. The van der Waals surface area contributed by atoms with E-state index in [1.165, 1.54) is 12.1 Å².